The highest BCUT2D eigenvalue weighted by atomic mass is 16.6. The molecule has 0 N–H and O–H groups in total. The van der Waals surface area contributed by atoms with Crippen LogP contribution in [0, 0.1) is 0 Å². The van der Waals surface area contributed by atoms with Crippen LogP contribution in [0.5, 0.6) is 0 Å². The highest BCUT2D eigenvalue weighted by molar-refractivity contribution is 5.71. The fourth-order valence-electron chi connectivity index (χ4n) is 8.15. The van der Waals surface area contributed by atoms with E-state index >= 15 is 0 Å². The molecule has 0 heterocycles. The number of carbonyl (C=O) groups excluding carboxylic acids is 3. The summed E-state index contributed by atoms with van der Waals surface area (Å²) >= 11 is 0. The number of unbranched alkanes of at least 4 members (excludes halogenated alkanes) is 21. The van der Waals surface area contributed by atoms with Crippen LogP contribution in [0.1, 0.15) is 265 Å². The Labute approximate surface area is 462 Å². The number of esters is 3. The molecular formula is C69H112O6. The molecule has 6 heteroatoms. The average molecular weight is 1040 g/mol. The summed E-state index contributed by atoms with van der Waals surface area (Å²) in [5.74, 6) is -0.934. The van der Waals surface area contributed by atoms with Gasteiger partial charge in [-0.25, -0.2) is 0 Å². The molecule has 0 aliphatic rings. The second-order valence-corrected chi connectivity index (χ2v) is 19.8. The van der Waals surface area contributed by atoms with Crippen LogP contribution in [0.4, 0.5) is 0 Å². The van der Waals surface area contributed by atoms with Crippen molar-refractivity contribution < 1.29 is 28.6 Å². The van der Waals surface area contributed by atoms with Gasteiger partial charge in [-0.05, 0) is 128 Å². The summed E-state index contributed by atoms with van der Waals surface area (Å²) in [6, 6.07) is 0. The minimum Gasteiger partial charge on any atom is -0.462 e. The van der Waals surface area contributed by atoms with Crippen molar-refractivity contribution in [3.8, 4) is 0 Å². The van der Waals surface area contributed by atoms with E-state index in [1.165, 1.54) is 77.0 Å². The third-order valence-corrected chi connectivity index (χ3v) is 12.6. The average Bonchev–Trinajstić information content (AvgIpc) is 3.41. The first-order valence-corrected chi connectivity index (χ1v) is 30.7. The lowest BCUT2D eigenvalue weighted by Gasteiger charge is -2.18. The van der Waals surface area contributed by atoms with Crippen molar-refractivity contribution in [3.05, 3.63) is 134 Å². The summed E-state index contributed by atoms with van der Waals surface area (Å²) in [7, 11) is 0. The van der Waals surface area contributed by atoms with Crippen LogP contribution >= 0.6 is 0 Å². The second-order valence-electron chi connectivity index (χ2n) is 19.8. The molecule has 0 aromatic rings. The number of rotatable bonds is 54. The fraction of sp³-hybridized carbons (Fsp3) is 0.638. The molecule has 75 heavy (non-hydrogen) atoms. The van der Waals surface area contributed by atoms with E-state index in [9.17, 15) is 14.4 Å². The Morgan fingerprint density at radius 2 is 0.480 bits per heavy atom. The monoisotopic (exact) mass is 1040 g/mol. The molecule has 0 amide bonds. The number of hydrogen-bond acceptors (Lipinski definition) is 6. The molecule has 0 rings (SSSR count). The molecule has 424 valence electrons. The first-order chi connectivity index (χ1) is 37.0. The van der Waals surface area contributed by atoms with Crippen molar-refractivity contribution in [2.45, 2.75) is 271 Å². The number of carbonyl (C=O) groups is 3. The van der Waals surface area contributed by atoms with Crippen LogP contribution in [0.15, 0.2) is 134 Å². The molecule has 1 unspecified atom stereocenters. The highest BCUT2D eigenvalue weighted by Gasteiger charge is 2.19. The second kappa shape index (κ2) is 62.1. The molecule has 0 aliphatic heterocycles. The van der Waals surface area contributed by atoms with Gasteiger partial charge in [-0.1, -0.05) is 251 Å². The van der Waals surface area contributed by atoms with Crippen LogP contribution in [-0.2, 0) is 28.6 Å². The Hall–Kier alpha value is -4.45. The van der Waals surface area contributed by atoms with Gasteiger partial charge in [-0.3, -0.25) is 14.4 Å². The van der Waals surface area contributed by atoms with Crippen LogP contribution in [0.25, 0.3) is 0 Å². The largest absolute Gasteiger partial charge is 0.462 e. The summed E-state index contributed by atoms with van der Waals surface area (Å²) in [6.45, 7) is 6.28. The lowest BCUT2D eigenvalue weighted by Crippen LogP contribution is -2.30. The molecule has 0 aliphatic carbocycles. The Morgan fingerprint density at radius 3 is 0.747 bits per heavy atom. The molecule has 0 spiro atoms. The van der Waals surface area contributed by atoms with E-state index in [1.54, 1.807) is 0 Å². The van der Waals surface area contributed by atoms with E-state index < -0.39 is 6.10 Å². The molecule has 0 radical (unpaired) electrons. The molecule has 0 aromatic heterocycles. The molecule has 0 bridgehead atoms. The van der Waals surface area contributed by atoms with Gasteiger partial charge in [0.1, 0.15) is 13.2 Å². The van der Waals surface area contributed by atoms with Gasteiger partial charge in [-0.15, -0.1) is 0 Å². The van der Waals surface area contributed by atoms with E-state index in [0.717, 1.165) is 148 Å². The number of hydrogen-bond donors (Lipinski definition) is 0. The Morgan fingerprint density at radius 1 is 0.267 bits per heavy atom. The third-order valence-electron chi connectivity index (χ3n) is 12.6. The van der Waals surface area contributed by atoms with Crippen LogP contribution in [0.3, 0.4) is 0 Å². The Balaban J connectivity index is 4.43. The van der Waals surface area contributed by atoms with Gasteiger partial charge in [-0.2, -0.15) is 0 Å². The fourth-order valence-corrected chi connectivity index (χ4v) is 8.15. The molecule has 0 saturated carbocycles. The SMILES string of the molecule is CC/C=C\C/C=C\C/C=C\C/C=C\CCCCCCCCCCCCC(=O)OCC(COC(=O)CCCCCCCCC/C=C\C/C=C\C/C=C\CC)OC(=O)CCCCCC/C=C\C/C=C\C/C=C\C/C=C\CC. The standard InChI is InChI=1S/C69H112O6/c1-4-7-10-13-16-19-22-25-28-31-32-33-34-35-36-39-41-44-47-50-53-56-59-62-68(71)74-65-66(75-69(72)63-60-57-54-51-48-45-42-38-30-27-24-21-18-15-12-9-6-3)64-73-67(70)61-58-55-52-49-46-43-40-37-29-26-23-20-17-14-11-8-5-2/h7-12,16-21,25-30,32-33,42,45,66H,4-6,13-15,22-24,31,34-41,43-44,46-65H2,1-3H3/b10-7-,11-8-,12-9-,19-16-,20-17-,21-18-,28-25-,29-26-,30-27-,33-32-,45-42-. The minimum absolute atomic E-state index is 0.0973. The van der Waals surface area contributed by atoms with Crippen molar-refractivity contribution in [1.82, 2.24) is 0 Å². The van der Waals surface area contributed by atoms with Gasteiger partial charge >= 0.3 is 17.9 Å². The summed E-state index contributed by atoms with van der Waals surface area (Å²) in [4.78, 5) is 38.3. The predicted octanol–water partition coefficient (Wildman–Crippen LogP) is 21.0. The van der Waals surface area contributed by atoms with Gasteiger partial charge in [0.2, 0.25) is 0 Å². The maximum absolute atomic E-state index is 12.9. The molecule has 0 aromatic carbocycles. The maximum atomic E-state index is 12.9. The maximum Gasteiger partial charge on any atom is 0.306 e. The van der Waals surface area contributed by atoms with Gasteiger partial charge < -0.3 is 14.2 Å². The summed E-state index contributed by atoms with van der Waals surface area (Å²) in [5, 5.41) is 0. The van der Waals surface area contributed by atoms with Crippen molar-refractivity contribution in [1.29, 1.82) is 0 Å². The van der Waals surface area contributed by atoms with Gasteiger partial charge in [0.15, 0.2) is 6.10 Å². The van der Waals surface area contributed by atoms with Crippen LogP contribution in [-0.4, -0.2) is 37.2 Å². The lowest BCUT2D eigenvalue weighted by atomic mass is 10.1. The number of ether oxygens (including phenoxy) is 3. The van der Waals surface area contributed by atoms with Crippen molar-refractivity contribution in [2.75, 3.05) is 13.2 Å². The third kappa shape index (κ3) is 60.3. The molecular weight excluding hydrogens is 925 g/mol. The molecule has 0 fully saturated rings. The topological polar surface area (TPSA) is 78.9 Å². The first kappa shape index (κ1) is 70.5. The minimum atomic E-state index is -0.803. The Kier molecular flexibility index (Phi) is 58.4. The van der Waals surface area contributed by atoms with E-state index in [-0.39, 0.29) is 31.1 Å². The quantitative estimate of drug-likeness (QED) is 0.0261. The summed E-state index contributed by atoms with van der Waals surface area (Å²) in [5.41, 5.74) is 0. The van der Waals surface area contributed by atoms with Gasteiger partial charge in [0, 0.05) is 19.3 Å². The summed E-state index contributed by atoms with van der Waals surface area (Å²) < 4.78 is 16.9. The smallest absolute Gasteiger partial charge is 0.306 e. The first-order valence-electron chi connectivity index (χ1n) is 30.7. The zero-order valence-electron chi connectivity index (χ0n) is 48.5. The molecule has 1 atom stereocenters. The normalized spacial score (nSPS) is 13.1. The van der Waals surface area contributed by atoms with Gasteiger partial charge in [0.25, 0.3) is 0 Å². The zero-order valence-corrected chi connectivity index (χ0v) is 48.5. The Bertz CT molecular complexity index is 1620. The lowest BCUT2D eigenvalue weighted by molar-refractivity contribution is -0.167. The van der Waals surface area contributed by atoms with Crippen molar-refractivity contribution in [2.24, 2.45) is 0 Å². The van der Waals surface area contributed by atoms with Crippen molar-refractivity contribution in [3.63, 3.8) is 0 Å². The van der Waals surface area contributed by atoms with E-state index in [0.29, 0.717) is 19.3 Å². The van der Waals surface area contributed by atoms with E-state index in [4.69, 9.17) is 14.2 Å². The van der Waals surface area contributed by atoms with E-state index in [2.05, 4.69) is 154 Å². The van der Waals surface area contributed by atoms with Crippen LogP contribution < -0.4 is 0 Å². The van der Waals surface area contributed by atoms with Crippen molar-refractivity contribution >= 4 is 17.9 Å². The molecule has 6 nitrogen and oxygen atoms in total. The molecule has 0 saturated heterocycles. The van der Waals surface area contributed by atoms with Crippen LogP contribution in [0.2, 0.25) is 0 Å². The number of allylic oxidation sites excluding steroid dienone is 22. The summed E-state index contributed by atoms with van der Waals surface area (Å²) in [6.07, 6.45) is 87.3. The predicted molar refractivity (Wildman–Crippen MR) is 325 cm³/mol. The van der Waals surface area contributed by atoms with Gasteiger partial charge in [0.05, 0.1) is 0 Å². The van der Waals surface area contributed by atoms with E-state index in [1.807, 2.05) is 0 Å². The zero-order chi connectivity index (χ0) is 54.3. The highest BCUT2D eigenvalue weighted by Crippen LogP contribution is 2.15.